The van der Waals surface area contributed by atoms with Crippen LogP contribution < -0.4 is 10.1 Å². The summed E-state index contributed by atoms with van der Waals surface area (Å²) in [5, 5.41) is 12.7. The van der Waals surface area contributed by atoms with Gasteiger partial charge in [0.1, 0.15) is 24.0 Å². The topological polar surface area (TPSA) is 78.9 Å². The molecule has 0 bridgehead atoms. The zero-order chi connectivity index (χ0) is 18.0. The maximum Gasteiger partial charge on any atom is 0.325 e. The number of hydrogen-bond acceptors (Lipinski definition) is 4. The van der Waals surface area contributed by atoms with Gasteiger partial charge in [-0.15, -0.1) is 0 Å². The maximum absolute atomic E-state index is 12.1. The number of benzene rings is 1. The number of β-amino-alcohol motifs (C(OH)–C–C–N with tert-alkyl or cyclic N) is 1. The van der Waals surface area contributed by atoms with E-state index in [1.165, 1.54) is 5.56 Å². The van der Waals surface area contributed by atoms with Crippen LogP contribution in [0.25, 0.3) is 0 Å². The molecule has 1 aliphatic carbocycles. The summed E-state index contributed by atoms with van der Waals surface area (Å²) in [7, 11) is 0. The normalized spacial score (nSPS) is 23.0. The third kappa shape index (κ3) is 3.85. The van der Waals surface area contributed by atoms with Crippen LogP contribution in [0.2, 0.25) is 0 Å². The second-order valence-corrected chi connectivity index (χ2v) is 7.12. The zero-order valence-corrected chi connectivity index (χ0v) is 14.6. The summed E-state index contributed by atoms with van der Waals surface area (Å²) in [5.41, 5.74) is 0.325. The number of hydrogen-bond donors (Lipinski definition) is 2. The van der Waals surface area contributed by atoms with E-state index in [4.69, 9.17) is 4.74 Å². The van der Waals surface area contributed by atoms with Crippen LogP contribution in [-0.4, -0.2) is 46.7 Å². The first-order valence-corrected chi connectivity index (χ1v) is 8.58. The largest absolute Gasteiger partial charge is 0.491 e. The smallest absolute Gasteiger partial charge is 0.325 e. The van der Waals surface area contributed by atoms with E-state index >= 15 is 0 Å². The molecule has 1 aromatic carbocycles. The lowest BCUT2D eigenvalue weighted by Gasteiger charge is -2.19. The van der Waals surface area contributed by atoms with Crippen molar-refractivity contribution in [2.75, 3.05) is 13.2 Å². The molecule has 1 fully saturated rings. The second kappa shape index (κ2) is 6.88. The minimum atomic E-state index is -0.943. The Morgan fingerprint density at radius 3 is 2.60 bits per heavy atom. The number of aliphatic hydroxyl groups is 1. The van der Waals surface area contributed by atoms with Gasteiger partial charge in [-0.1, -0.05) is 24.3 Å². The minimum absolute atomic E-state index is 0.0141. The van der Waals surface area contributed by atoms with Crippen molar-refractivity contribution in [3.05, 3.63) is 42.0 Å². The van der Waals surface area contributed by atoms with Crippen molar-refractivity contribution >= 4 is 11.9 Å². The summed E-state index contributed by atoms with van der Waals surface area (Å²) in [6.07, 6.45) is 5.73. The molecule has 0 saturated carbocycles. The van der Waals surface area contributed by atoms with E-state index in [0.717, 1.165) is 17.7 Å². The highest BCUT2D eigenvalue weighted by Gasteiger charge is 2.44. The van der Waals surface area contributed by atoms with Crippen LogP contribution in [0, 0.1) is 0 Å². The lowest BCUT2D eigenvalue weighted by Crippen LogP contribution is -2.42. The van der Waals surface area contributed by atoms with E-state index in [1.807, 2.05) is 24.3 Å². The third-order valence-corrected chi connectivity index (χ3v) is 4.60. The van der Waals surface area contributed by atoms with E-state index in [1.54, 1.807) is 13.8 Å². The van der Waals surface area contributed by atoms with Gasteiger partial charge in [0.25, 0.3) is 5.91 Å². The van der Waals surface area contributed by atoms with Gasteiger partial charge in [-0.2, -0.15) is 0 Å². The number of carbonyl (C=O) groups excluding carboxylic acids is 2. The van der Waals surface area contributed by atoms with Crippen molar-refractivity contribution in [3.63, 3.8) is 0 Å². The van der Waals surface area contributed by atoms with Gasteiger partial charge < -0.3 is 15.2 Å². The highest BCUT2D eigenvalue weighted by molar-refractivity contribution is 6.06. The minimum Gasteiger partial charge on any atom is -0.491 e. The van der Waals surface area contributed by atoms with E-state index in [2.05, 4.69) is 17.5 Å². The molecule has 1 aromatic rings. The van der Waals surface area contributed by atoms with Crippen molar-refractivity contribution < 1.29 is 19.4 Å². The van der Waals surface area contributed by atoms with Crippen LogP contribution in [0.3, 0.4) is 0 Å². The molecule has 134 valence electrons. The summed E-state index contributed by atoms with van der Waals surface area (Å²) in [6, 6.07) is 7.34. The Balaban J connectivity index is 1.50. The maximum atomic E-state index is 12.1. The Hall–Kier alpha value is -2.34. The molecule has 0 spiro atoms. The molecule has 2 atom stereocenters. The first-order chi connectivity index (χ1) is 11.9. The van der Waals surface area contributed by atoms with E-state index < -0.39 is 17.7 Å². The molecular weight excluding hydrogens is 320 g/mol. The van der Waals surface area contributed by atoms with Gasteiger partial charge in [0, 0.05) is 5.92 Å². The van der Waals surface area contributed by atoms with Crippen molar-refractivity contribution in [1.29, 1.82) is 0 Å². The molecule has 25 heavy (non-hydrogen) atoms. The number of allylic oxidation sites excluding steroid dienone is 2. The second-order valence-electron chi connectivity index (χ2n) is 7.12. The standard InChI is InChI=1S/C19H24N2O4/c1-19(2)17(23)21(18(24)20-19)11-15(22)12-25-16-9-7-14(8-10-16)13-5-3-4-6-13/h3,5,7-10,13,15,22H,4,6,11-12H2,1-2H3,(H,20,24)/t13-,15-/m1/s1. The zero-order valence-electron chi connectivity index (χ0n) is 14.6. The number of nitrogens with one attached hydrogen (secondary N) is 1. The molecule has 2 aliphatic rings. The highest BCUT2D eigenvalue weighted by atomic mass is 16.5. The van der Waals surface area contributed by atoms with Crippen LogP contribution >= 0.6 is 0 Å². The van der Waals surface area contributed by atoms with Gasteiger partial charge in [-0.05, 0) is 44.4 Å². The van der Waals surface area contributed by atoms with Crippen LogP contribution in [0.15, 0.2) is 36.4 Å². The van der Waals surface area contributed by atoms with Crippen LogP contribution in [0.5, 0.6) is 5.75 Å². The first kappa shape index (κ1) is 17.5. The lowest BCUT2D eigenvalue weighted by atomic mass is 9.99. The molecule has 1 saturated heterocycles. The van der Waals surface area contributed by atoms with E-state index in [0.29, 0.717) is 11.7 Å². The van der Waals surface area contributed by atoms with Crippen LogP contribution in [0.1, 0.15) is 38.2 Å². The predicted octanol–water partition coefficient (Wildman–Crippen LogP) is 2.19. The molecule has 1 aliphatic heterocycles. The number of ether oxygens (including phenoxy) is 1. The summed E-state index contributed by atoms with van der Waals surface area (Å²) < 4.78 is 5.58. The number of rotatable bonds is 6. The first-order valence-electron chi connectivity index (χ1n) is 8.58. The Morgan fingerprint density at radius 1 is 1.32 bits per heavy atom. The average molecular weight is 344 g/mol. The average Bonchev–Trinajstić information content (AvgIpc) is 3.17. The molecule has 0 aromatic heterocycles. The molecule has 0 unspecified atom stereocenters. The van der Waals surface area contributed by atoms with Crippen LogP contribution in [-0.2, 0) is 4.79 Å². The van der Waals surface area contributed by atoms with Gasteiger partial charge in [-0.3, -0.25) is 9.69 Å². The van der Waals surface area contributed by atoms with Gasteiger partial charge in [-0.25, -0.2) is 4.79 Å². The molecule has 1 heterocycles. The summed E-state index contributed by atoms with van der Waals surface area (Å²) in [4.78, 5) is 24.9. The molecule has 6 heteroatoms. The van der Waals surface area contributed by atoms with Crippen molar-refractivity contribution in [1.82, 2.24) is 10.2 Å². The van der Waals surface area contributed by atoms with E-state index in [9.17, 15) is 14.7 Å². The Kier molecular flexibility index (Phi) is 4.81. The molecule has 3 rings (SSSR count). The molecule has 6 nitrogen and oxygen atoms in total. The number of aliphatic hydroxyl groups excluding tert-OH is 1. The van der Waals surface area contributed by atoms with Crippen molar-refractivity contribution in [2.45, 2.75) is 44.2 Å². The number of imide groups is 1. The fourth-order valence-electron chi connectivity index (χ4n) is 3.16. The SMILES string of the molecule is CC1(C)NC(=O)N(C[C@@H](O)COc2ccc([C@@H]3C=CCC3)cc2)C1=O. The lowest BCUT2D eigenvalue weighted by molar-refractivity contribution is -0.131. The predicted molar refractivity (Wildman–Crippen MR) is 93.4 cm³/mol. The fraction of sp³-hybridized carbons (Fsp3) is 0.474. The number of nitrogens with zero attached hydrogens (tertiary/aromatic N) is 1. The number of carbonyl (C=O) groups is 2. The quantitative estimate of drug-likeness (QED) is 0.612. The molecule has 3 amide bonds. The molecular formula is C19H24N2O4. The van der Waals surface area contributed by atoms with E-state index in [-0.39, 0.29) is 19.1 Å². The Morgan fingerprint density at radius 2 is 2.04 bits per heavy atom. The number of urea groups is 1. The monoisotopic (exact) mass is 344 g/mol. The molecule has 0 radical (unpaired) electrons. The fourth-order valence-corrected chi connectivity index (χ4v) is 3.16. The highest BCUT2D eigenvalue weighted by Crippen LogP contribution is 2.29. The van der Waals surface area contributed by atoms with Crippen LogP contribution in [0.4, 0.5) is 4.79 Å². The van der Waals surface area contributed by atoms with Crippen molar-refractivity contribution in [2.24, 2.45) is 0 Å². The number of amides is 3. The summed E-state index contributed by atoms with van der Waals surface area (Å²) >= 11 is 0. The van der Waals surface area contributed by atoms with Gasteiger partial charge in [0.15, 0.2) is 0 Å². The van der Waals surface area contributed by atoms with Crippen molar-refractivity contribution in [3.8, 4) is 5.75 Å². The Labute approximate surface area is 147 Å². The molecule has 2 N–H and O–H groups in total. The van der Waals surface area contributed by atoms with Gasteiger partial charge in [0.05, 0.1) is 6.54 Å². The summed E-state index contributed by atoms with van der Waals surface area (Å²) in [6.45, 7) is 3.20. The van der Waals surface area contributed by atoms with Gasteiger partial charge in [0.2, 0.25) is 0 Å². The Bertz CT molecular complexity index is 681. The third-order valence-electron chi connectivity index (χ3n) is 4.60. The summed E-state index contributed by atoms with van der Waals surface area (Å²) in [5.74, 6) is 0.788. The van der Waals surface area contributed by atoms with Gasteiger partial charge >= 0.3 is 6.03 Å².